The van der Waals surface area contributed by atoms with Gasteiger partial charge in [0.25, 0.3) is 0 Å². The molecule has 0 spiro atoms. The van der Waals surface area contributed by atoms with Crippen molar-refractivity contribution in [2.45, 2.75) is 26.5 Å². The minimum absolute atomic E-state index is 0.161. The monoisotopic (exact) mass is 324 g/mol. The second kappa shape index (κ2) is 7.50. The third-order valence-electron chi connectivity index (χ3n) is 3.19. The number of furan rings is 1. The Balaban J connectivity index is 1.61. The summed E-state index contributed by atoms with van der Waals surface area (Å²) >= 11 is 0. The van der Waals surface area contributed by atoms with Crippen molar-refractivity contribution in [1.82, 2.24) is 9.97 Å². The maximum atomic E-state index is 5.63. The van der Waals surface area contributed by atoms with Crippen molar-refractivity contribution in [2.24, 2.45) is 0 Å². The fraction of sp³-hybridized carbons (Fsp3) is 0.222. The van der Waals surface area contributed by atoms with Crippen LogP contribution in [-0.4, -0.2) is 16.1 Å². The highest BCUT2D eigenvalue weighted by molar-refractivity contribution is 5.59. The molecule has 0 saturated heterocycles. The largest absolute Gasteiger partial charge is 0.491 e. The van der Waals surface area contributed by atoms with Gasteiger partial charge in [0.05, 0.1) is 18.9 Å². The lowest BCUT2D eigenvalue weighted by molar-refractivity contribution is 0.242. The predicted molar refractivity (Wildman–Crippen MR) is 93.6 cm³/mol. The highest BCUT2D eigenvalue weighted by atomic mass is 16.5. The van der Waals surface area contributed by atoms with Gasteiger partial charge in [-0.05, 0) is 50.2 Å². The molecule has 2 heterocycles. The summed E-state index contributed by atoms with van der Waals surface area (Å²) in [6.45, 7) is 4.58. The smallest absolute Gasteiger partial charge is 0.135 e. The molecule has 0 atom stereocenters. The Bertz CT molecular complexity index is 755. The van der Waals surface area contributed by atoms with Crippen molar-refractivity contribution in [3.05, 3.63) is 60.8 Å². The molecule has 0 fully saturated rings. The molecule has 0 radical (unpaired) electrons. The van der Waals surface area contributed by atoms with E-state index in [0.29, 0.717) is 12.4 Å². The van der Waals surface area contributed by atoms with Crippen LogP contribution in [0.1, 0.15) is 19.6 Å². The van der Waals surface area contributed by atoms with Gasteiger partial charge in [-0.15, -0.1) is 0 Å². The lowest BCUT2D eigenvalue weighted by atomic mass is 10.3. The van der Waals surface area contributed by atoms with Gasteiger partial charge in [-0.1, -0.05) is 0 Å². The average Bonchev–Trinajstić information content (AvgIpc) is 3.08. The first-order valence-corrected chi connectivity index (χ1v) is 7.81. The van der Waals surface area contributed by atoms with Gasteiger partial charge in [0.15, 0.2) is 0 Å². The van der Waals surface area contributed by atoms with E-state index in [4.69, 9.17) is 9.15 Å². The molecule has 6 heteroatoms. The van der Waals surface area contributed by atoms with Crippen molar-refractivity contribution in [1.29, 1.82) is 0 Å². The average molecular weight is 324 g/mol. The van der Waals surface area contributed by atoms with E-state index in [-0.39, 0.29) is 6.10 Å². The molecule has 0 unspecified atom stereocenters. The van der Waals surface area contributed by atoms with E-state index in [2.05, 4.69) is 20.6 Å². The molecule has 124 valence electrons. The molecule has 2 N–H and O–H groups in total. The highest BCUT2D eigenvalue weighted by Crippen LogP contribution is 2.20. The zero-order chi connectivity index (χ0) is 16.8. The number of nitrogens with one attached hydrogen (secondary N) is 2. The fourth-order valence-corrected chi connectivity index (χ4v) is 2.15. The number of nitrogens with zero attached hydrogens (tertiary/aromatic N) is 2. The van der Waals surface area contributed by atoms with Crippen LogP contribution in [0.3, 0.4) is 0 Å². The summed E-state index contributed by atoms with van der Waals surface area (Å²) < 4.78 is 10.9. The lowest BCUT2D eigenvalue weighted by Crippen LogP contribution is -2.05. The molecule has 0 amide bonds. The van der Waals surface area contributed by atoms with E-state index in [0.717, 1.165) is 23.0 Å². The number of anilines is 3. The second-order valence-corrected chi connectivity index (χ2v) is 5.54. The molecule has 2 aromatic heterocycles. The van der Waals surface area contributed by atoms with Crippen LogP contribution in [0.5, 0.6) is 5.75 Å². The summed E-state index contributed by atoms with van der Waals surface area (Å²) in [4.78, 5) is 8.44. The Hall–Kier alpha value is -3.02. The standard InChI is InChI=1S/C18H20N4O2/c1-13(2)24-15-7-5-14(6-8-15)22-18-10-17(20-12-21-18)19-11-16-4-3-9-23-16/h3-10,12-13H,11H2,1-2H3,(H2,19,20,21,22). The van der Waals surface area contributed by atoms with Crippen LogP contribution in [0.15, 0.2) is 59.5 Å². The van der Waals surface area contributed by atoms with Crippen molar-refractivity contribution in [2.75, 3.05) is 10.6 Å². The zero-order valence-corrected chi connectivity index (χ0v) is 13.7. The fourth-order valence-electron chi connectivity index (χ4n) is 2.15. The Morgan fingerprint density at radius 3 is 2.58 bits per heavy atom. The van der Waals surface area contributed by atoms with Crippen LogP contribution in [0.25, 0.3) is 0 Å². The van der Waals surface area contributed by atoms with Crippen molar-refractivity contribution in [3.8, 4) is 5.75 Å². The molecule has 0 aliphatic rings. The van der Waals surface area contributed by atoms with Gasteiger partial charge in [0.2, 0.25) is 0 Å². The molecule has 0 saturated carbocycles. The van der Waals surface area contributed by atoms with Crippen LogP contribution in [-0.2, 0) is 6.54 Å². The van der Waals surface area contributed by atoms with Crippen LogP contribution >= 0.6 is 0 Å². The maximum absolute atomic E-state index is 5.63. The molecule has 3 rings (SSSR count). The summed E-state index contributed by atoms with van der Waals surface area (Å²) in [6.07, 6.45) is 3.33. The number of benzene rings is 1. The lowest BCUT2D eigenvalue weighted by Gasteiger charge is -2.11. The summed E-state index contributed by atoms with van der Waals surface area (Å²) in [5.74, 6) is 3.14. The molecule has 24 heavy (non-hydrogen) atoms. The second-order valence-electron chi connectivity index (χ2n) is 5.54. The van der Waals surface area contributed by atoms with E-state index >= 15 is 0 Å². The minimum Gasteiger partial charge on any atom is -0.491 e. The van der Waals surface area contributed by atoms with Gasteiger partial charge in [-0.2, -0.15) is 0 Å². The van der Waals surface area contributed by atoms with Crippen molar-refractivity contribution < 1.29 is 9.15 Å². The summed E-state index contributed by atoms with van der Waals surface area (Å²) in [5, 5.41) is 6.45. The molecule has 0 bridgehead atoms. The molecule has 3 aromatic rings. The maximum Gasteiger partial charge on any atom is 0.135 e. The number of hydrogen-bond acceptors (Lipinski definition) is 6. The zero-order valence-electron chi connectivity index (χ0n) is 13.7. The first-order valence-electron chi connectivity index (χ1n) is 7.81. The Morgan fingerprint density at radius 1 is 1.08 bits per heavy atom. The molecule has 0 aliphatic heterocycles. The SMILES string of the molecule is CC(C)Oc1ccc(Nc2cc(NCc3ccco3)ncn2)cc1. The van der Waals surface area contributed by atoms with Crippen LogP contribution in [0.4, 0.5) is 17.3 Å². The molecular formula is C18H20N4O2. The van der Waals surface area contributed by atoms with E-state index in [9.17, 15) is 0 Å². The molecule has 1 aromatic carbocycles. The van der Waals surface area contributed by atoms with Crippen LogP contribution in [0, 0.1) is 0 Å². The molecule has 6 nitrogen and oxygen atoms in total. The van der Waals surface area contributed by atoms with Crippen LogP contribution < -0.4 is 15.4 Å². The van der Waals surface area contributed by atoms with Gasteiger partial charge in [-0.3, -0.25) is 0 Å². The van der Waals surface area contributed by atoms with E-state index in [1.165, 1.54) is 6.33 Å². The first-order chi connectivity index (χ1) is 11.7. The van der Waals surface area contributed by atoms with Gasteiger partial charge < -0.3 is 19.8 Å². The van der Waals surface area contributed by atoms with E-state index < -0.39 is 0 Å². The van der Waals surface area contributed by atoms with Gasteiger partial charge in [0, 0.05) is 11.8 Å². The highest BCUT2D eigenvalue weighted by Gasteiger charge is 2.02. The van der Waals surface area contributed by atoms with E-state index in [1.54, 1.807) is 6.26 Å². The van der Waals surface area contributed by atoms with Crippen molar-refractivity contribution >= 4 is 17.3 Å². The van der Waals surface area contributed by atoms with Gasteiger partial charge in [0.1, 0.15) is 29.5 Å². The topological polar surface area (TPSA) is 72.2 Å². The minimum atomic E-state index is 0.161. The van der Waals surface area contributed by atoms with Gasteiger partial charge >= 0.3 is 0 Å². The summed E-state index contributed by atoms with van der Waals surface area (Å²) in [5.41, 5.74) is 0.932. The Labute approximate surface area is 140 Å². The molecule has 0 aliphatic carbocycles. The van der Waals surface area contributed by atoms with Gasteiger partial charge in [-0.25, -0.2) is 9.97 Å². The predicted octanol–water partition coefficient (Wildman–Crippen LogP) is 4.21. The van der Waals surface area contributed by atoms with E-state index in [1.807, 2.05) is 56.3 Å². The molecular weight excluding hydrogens is 304 g/mol. The quantitative estimate of drug-likeness (QED) is 0.678. The number of aromatic nitrogens is 2. The Morgan fingerprint density at radius 2 is 1.88 bits per heavy atom. The third kappa shape index (κ3) is 4.49. The van der Waals surface area contributed by atoms with Crippen LogP contribution in [0.2, 0.25) is 0 Å². The summed E-state index contributed by atoms with van der Waals surface area (Å²) in [7, 11) is 0. The number of hydrogen-bond donors (Lipinski definition) is 2. The summed E-state index contributed by atoms with van der Waals surface area (Å²) in [6, 6.07) is 13.4. The first kappa shape index (κ1) is 15.9. The van der Waals surface area contributed by atoms with Crippen molar-refractivity contribution in [3.63, 3.8) is 0 Å². The number of ether oxygens (including phenoxy) is 1. The third-order valence-corrected chi connectivity index (χ3v) is 3.19. The normalized spacial score (nSPS) is 10.6. The number of rotatable bonds is 7. The Kier molecular flexibility index (Phi) is 4.96.